The van der Waals surface area contributed by atoms with Gasteiger partial charge in [-0.05, 0) is 6.92 Å². The third-order valence-electron chi connectivity index (χ3n) is 1.99. The van der Waals surface area contributed by atoms with Crippen molar-refractivity contribution < 1.29 is 22.8 Å². The van der Waals surface area contributed by atoms with Crippen LogP contribution in [0.15, 0.2) is 5.16 Å². The lowest BCUT2D eigenvalue weighted by Gasteiger charge is -2.27. The van der Waals surface area contributed by atoms with Gasteiger partial charge in [0.1, 0.15) is 0 Å². The van der Waals surface area contributed by atoms with Crippen molar-refractivity contribution in [1.82, 2.24) is 0 Å². The van der Waals surface area contributed by atoms with Crippen LogP contribution in [0.3, 0.4) is 0 Å². The summed E-state index contributed by atoms with van der Waals surface area (Å²) in [7, 11) is 0. The Bertz CT molecular complexity index is 263. The van der Waals surface area contributed by atoms with E-state index in [4.69, 9.17) is 0 Å². The van der Waals surface area contributed by atoms with Crippen molar-refractivity contribution >= 4 is 12.1 Å². The fraction of sp³-hybridized carbons (Fsp3) is 0.667. The molecule has 0 spiro atoms. The first-order valence-electron chi connectivity index (χ1n) is 3.39. The molecule has 0 aromatic heterocycles. The molecule has 1 aliphatic rings. The van der Waals surface area contributed by atoms with Crippen LogP contribution >= 0.6 is 0 Å². The molecular weight excluding hydrogens is 189 g/mol. The summed E-state index contributed by atoms with van der Waals surface area (Å²) in [5.74, 6) is -1.51. The van der Waals surface area contributed by atoms with Gasteiger partial charge in [-0.1, -0.05) is 5.16 Å². The molecule has 4 nitrogen and oxygen atoms in total. The average molecular weight is 196 g/mol. The predicted molar refractivity (Wildman–Crippen MR) is 36.7 cm³/mol. The first-order valence-corrected chi connectivity index (χ1v) is 3.39. The molecule has 13 heavy (non-hydrogen) atoms. The van der Waals surface area contributed by atoms with Gasteiger partial charge in [-0.2, -0.15) is 13.2 Å². The Kier molecular flexibility index (Phi) is 1.97. The second kappa shape index (κ2) is 2.61. The highest BCUT2D eigenvalue weighted by atomic mass is 19.4. The fourth-order valence-corrected chi connectivity index (χ4v) is 1.10. The smallest absolute Gasteiger partial charge is 0.391 e. The topological polar surface area (TPSA) is 64.7 Å². The number of nitrogens with two attached hydrogens (primary N) is 1. The minimum Gasteiger partial charge on any atom is -0.391 e. The summed E-state index contributed by atoms with van der Waals surface area (Å²) >= 11 is 0. The van der Waals surface area contributed by atoms with Gasteiger partial charge in [0.05, 0.1) is 6.21 Å². The van der Waals surface area contributed by atoms with Crippen LogP contribution in [0, 0.1) is 5.41 Å². The molecule has 1 heterocycles. The first-order chi connectivity index (χ1) is 5.82. The van der Waals surface area contributed by atoms with Gasteiger partial charge in [-0.15, -0.1) is 0 Å². The molecule has 0 bridgehead atoms. The molecule has 0 radical (unpaired) electrons. The molecular formula is C6H7F3N2O2. The first kappa shape index (κ1) is 9.82. The molecule has 0 saturated heterocycles. The Hall–Kier alpha value is -1.27. The number of rotatable bonds is 1. The molecule has 0 fully saturated rings. The summed E-state index contributed by atoms with van der Waals surface area (Å²) in [6.45, 7) is 1.09. The fourth-order valence-electron chi connectivity index (χ4n) is 1.10. The number of carbonyl (C=O) groups excluding carboxylic acids is 1. The largest absolute Gasteiger partial charge is 0.411 e. The summed E-state index contributed by atoms with van der Waals surface area (Å²) in [4.78, 5) is 15.0. The van der Waals surface area contributed by atoms with Crippen molar-refractivity contribution in [3.63, 3.8) is 0 Å². The van der Waals surface area contributed by atoms with Gasteiger partial charge in [0.25, 0.3) is 0 Å². The standard InChI is InChI=1S/C6H7F3N2O2/c1-3-5(4(10)12,2-11-13-3)6(7,8)9/h2-3H,1H3,(H2,10,12). The van der Waals surface area contributed by atoms with Gasteiger partial charge >= 0.3 is 6.18 Å². The van der Waals surface area contributed by atoms with E-state index in [-0.39, 0.29) is 0 Å². The second-order valence-electron chi connectivity index (χ2n) is 2.71. The van der Waals surface area contributed by atoms with Crippen molar-refractivity contribution in [2.24, 2.45) is 16.3 Å². The minimum absolute atomic E-state index is 0.403. The molecule has 1 rings (SSSR count). The molecule has 0 aromatic carbocycles. The van der Waals surface area contributed by atoms with E-state index in [0.717, 1.165) is 6.92 Å². The summed E-state index contributed by atoms with van der Waals surface area (Å²) in [5, 5.41) is 2.96. The minimum atomic E-state index is -4.78. The van der Waals surface area contributed by atoms with Crippen molar-refractivity contribution in [3.05, 3.63) is 0 Å². The zero-order valence-electron chi connectivity index (χ0n) is 6.63. The molecule has 2 atom stereocenters. The summed E-state index contributed by atoms with van der Waals surface area (Å²) in [6, 6.07) is 0. The van der Waals surface area contributed by atoms with Crippen molar-refractivity contribution in [2.45, 2.75) is 19.2 Å². The Balaban J connectivity index is 3.17. The molecule has 0 saturated carbocycles. The highest BCUT2D eigenvalue weighted by Crippen LogP contribution is 2.43. The Morgan fingerprint density at radius 1 is 1.69 bits per heavy atom. The second-order valence-corrected chi connectivity index (χ2v) is 2.71. The van der Waals surface area contributed by atoms with Crippen LogP contribution in [0.1, 0.15) is 6.92 Å². The number of primary amides is 1. The van der Waals surface area contributed by atoms with E-state index in [1.165, 1.54) is 0 Å². The van der Waals surface area contributed by atoms with Gasteiger partial charge in [-0.25, -0.2) is 0 Å². The number of oxime groups is 1. The number of hydrogen-bond acceptors (Lipinski definition) is 3. The van der Waals surface area contributed by atoms with Gasteiger partial charge in [0.15, 0.2) is 6.10 Å². The lowest BCUT2D eigenvalue weighted by Crippen LogP contribution is -2.54. The summed E-state index contributed by atoms with van der Waals surface area (Å²) < 4.78 is 37.3. The van der Waals surface area contributed by atoms with Crippen LogP contribution in [0.2, 0.25) is 0 Å². The Morgan fingerprint density at radius 2 is 2.23 bits per heavy atom. The number of hydrogen-bond donors (Lipinski definition) is 1. The Labute approximate surface area is 71.5 Å². The maximum absolute atomic E-state index is 12.4. The van der Waals surface area contributed by atoms with E-state index in [9.17, 15) is 18.0 Å². The van der Waals surface area contributed by atoms with Crippen LogP contribution in [0.5, 0.6) is 0 Å². The zero-order valence-corrected chi connectivity index (χ0v) is 6.63. The molecule has 0 aliphatic carbocycles. The van der Waals surface area contributed by atoms with E-state index < -0.39 is 23.6 Å². The number of carbonyl (C=O) groups is 1. The lowest BCUT2D eigenvalue weighted by molar-refractivity contribution is -0.216. The van der Waals surface area contributed by atoms with Crippen LogP contribution < -0.4 is 5.73 Å². The van der Waals surface area contributed by atoms with E-state index >= 15 is 0 Å². The molecule has 1 amide bonds. The van der Waals surface area contributed by atoms with Crippen molar-refractivity contribution in [3.8, 4) is 0 Å². The molecule has 0 aromatic rings. The molecule has 2 unspecified atom stereocenters. The van der Waals surface area contributed by atoms with Crippen LogP contribution in [0.25, 0.3) is 0 Å². The summed E-state index contributed by atoms with van der Waals surface area (Å²) in [5.41, 5.74) is 1.89. The van der Waals surface area contributed by atoms with Crippen molar-refractivity contribution in [2.75, 3.05) is 0 Å². The lowest BCUT2D eigenvalue weighted by atomic mass is 9.83. The molecule has 1 aliphatic heterocycles. The maximum atomic E-state index is 12.4. The third kappa shape index (κ3) is 1.14. The van der Waals surface area contributed by atoms with Crippen LogP contribution in [0.4, 0.5) is 13.2 Å². The van der Waals surface area contributed by atoms with Gasteiger partial charge in [-0.3, -0.25) is 4.79 Å². The maximum Gasteiger partial charge on any atom is 0.411 e. The molecule has 7 heteroatoms. The highest BCUT2D eigenvalue weighted by molar-refractivity contribution is 5.99. The van der Waals surface area contributed by atoms with Crippen LogP contribution in [-0.2, 0) is 9.63 Å². The van der Waals surface area contributed by atoms with Gasteiger partial charge in [0, 0.05) is 0 Å². The number of alkyl halides is 3. The average Bonchev–Trinajstić information content (AvgIpc) is 2.29. The van der Waals surface area contributed by atoms with Gasteiger partial charge in [0.2, 0.25) is 11.3 Å². The normalized spacial score (nSPS) is 33.1. The molecule has 2 N–H and O–H groups in total. The number of halogens is 3. The number of amides is 1. The van der Waals surface area contributed by atoms with Crippen molar-refractivity contribution in [1.29, 1.82) is 0 Å². The van der Waals surface area contributed by atoms with E-state index in [1.807, 2.05) is 0 Å². The van der Waals surface area contributed by atoms with E-state index in [1.54, 1.807) is 0 Å². The predicted octanol–water partition coefficient (Wildman–Crippen LogP) is 0.425. The van der Waals surface area contributed by atoms with Gasteiger partial charge < -0.3 is 10.6 Å². The van der Waals surface area contributed by atoms with Crippen LogP contribution in [-0.4, -0.2) is 24.4 Å². The monoisotopic (exact) mass is 196 g/mol. The number of nitrogens with zero attached hydrogens (tertiary/aromatic N) is 1. The molecule has 74 valence electrons. The zero-order chi connectivity index (χ0) is 10.3. The quantitative estimate of drug-likeness (QED) is 0.660. The van der Waals surface area contributed by atoms with E-state index in [0.29, 0.717) is 6.21 Å². The summed E-state index contributed by atoms with van der Waals surface area (Å²) in [6.07, 6.45) is -5.79. The third-order valence-corrected chi connectivity index (χ3v) is 1.99. The SMILES string of the molecule is CC1ON=CC1(C(N)=O)C(F)(F)F. The Morgan fingerprint density at radius 3 is 2.38 bits per heavy atom. The highest BCUT2D eigenvalue weighted by Gasteiger charge is 2.65. The van der Waals surface area contributed by atoms with E-state index in [2.05, 4.69) is 15.7 Å².